The highest BCUT2D eigenvalue weighted by Gasteiger charge is 2.50. The summed E-state index contributed by atoms with van der Waals surface area (Å²) in [5.74, 6) is -0.354. The molecule has 2 rings (SSSR count). The summed E-state index contributed by atoms with van der Waals surface area (Å²) < 4.78 is 13.3. The van der Waals surface area contributed by atoms with Crippen LogP contribution in [0.15, 0.2) is 24.3 Å². The van der Waals surface area contributed by atoms with Gasteiger partial charge in [-0.1, -0.05) is 29.8 Å². The number of ketones is 1. The Kier molecular flexibility index (Phi) is 1.72. The lowest BCUT2D eigenvalue weighted by molar-refractivity contribution is 0.0850. The smallest absolute Gasteiger partial charge is 0.199 e. The lowest BCUT2D eigenvalue weighted by Gasteiger charge is -2.03. The Hall–Kier alpha value is -1.18. The second-order valence-corrected chi connectivity index (χ2v) is 3.66. The predicted octanol–water partition coefficient (Wildman–Crippen LogP) is 2.68. The molecule has 0 bridgehead atoms. The molecule has 1 aliphatic rings. The van der Waals surface area contributed by atoms with Crippen molar-refractivity contribution in [1.82, 2.24) is 0 Å². The summed E-state index contributed by atoms with van der Waals surface area (Å²) in [6, 6.07) is 7.05. The van der Waals surface area contributed by atoms with Crippen LogP contribution in [0.1, 0.15) is 28.8 Å². The minimum absolute atomic E-state index is 0.354. The Morgan fingerprint density at radius 2 is 1.85 bits per heavy atom. The Bertz CT molecular complexity index is 336. The van der Waals surface area contributed by atoms with Crippen LogP contribution in [0.4, 0.5) is 4.39 Å². The molecule has 1 aliphatic carbocycles. The summed E-state index contributed by atoms with van der Waals surface area (Å²) in [6.45, 7) is 1.94. The van der Waals surface area contributed by atoms with Crippen LogP contribution in [-0.4, -0.2) is 11.5 Å². The maximum atomic E-state index is 13.3. The van der Waals surface area contributed by atoms with E-state index in [2.05, 4.69) is 0 Å². The summed E-state index contributed by atoms with van der Waals surface area (Å²) in [5, 5.41) is 0. The van der Waals surface area contributed by atoms with E-state index in [9.17, 15) is 9.18 Å². The molecule has 0 saturated heterocycles. The van der Waals surface area contributed by atoms with E-state index in [1.54, 1.807) is 12.1 Å². The standard InChI is InChI=1S/C11H11FO/c1-8-2-4-9(5-3-8)10(13)11(12)6-7-11/h2-5H,6-7H2,1H3. The topological polar surface area (TPSA) is 17.1 Å². The number of alkyl halides is 1. The largest absolute Gasteiger partial charge is 0.291 e. The number of carbonyl (C=O) groups is 1. The van der Waals surface area contributed by atoms with E-state index in [1.807, 2.05) is 19.1 Å². The van der Waals surface area contributed by atoms with Crippen LogP contribution in [0.2, 0.25) is 0 Å². The van der Waals surface area contributed by atoms with Gasteiger partial charge in [-0.05, 0) is 19.8 Å². The maximum Gasteiger partial charge on any atom is 0.199 e. The molecule has 68 valence electrons. The fourth-order valence-electron chi connectivity index (χ4n) is 1.30. The molecule has 0 radical (unpaired) electrons. The maximum absolute atomic E-state index is 13.3. The van der Waals surface area contributed by atoms with Gasteiger partial charge in [0.2, 0.25) is 0 Å². The summed E-state index contributed by atoms with van der Waals surface area (Å²) >= 11 is 0. The number of rotatable bonds is 2. The van der Waals surface area contributed by atoms with E-state index in [1.165, 1.54) is 0 Å². The van der Waals surface area contributed by atoms with Gasteiger partial charge in [-0.15, -0.1) is 0 Å². The molecule has 1 nitrogen and oxygen atoms in total. The van der Waals surface area contributed by atoms with Gasteiger partial charge in [0.05, 0.1) is 0 Å². The SMILES string of the molecule is Cc1ccc(C(=O)C2(F)CC2)cc1. The summed E-state index contributed by atoms with van der Waals surface area (Å²) in [5.41, 5.74) is 0.0424. The van der Waals surface area contributed by atoms with Gasteiger partial charge in [-0.2, -0.15) is 0 Å². The Morgan fingerprint density at radius 3 is 2.31 bits per heavy atom. The van der Waals surface area contributed by atoms with Gasteiger partial charge >= 0.3 is 0 Å². The van der Waals surface area contributed by atoms with Gasteiger partial charge in [0, 0.05) is 5.56 Å². The zero-order valence-corrected chi connectivity index (χ0v) is 7.51. The van der Waals surface area contributed by atoms with E-state index >= 15 is 0 Å². The first kappa shape index (κ1) is 8.42. The number of carbonyl (C=O) groups excluding carboxylic acids is 1. The number of aryl methyl sites for hydroxylation is 1. The van der Waals surface area contributed by atoms with E-state index in [0.29, 0.717) is 18.4 Å². The van der Waals surface area contributed by atoms with Crippen molar-refractivity contribution < 1.29 is 9.18 Å². The van der Waals surface area contributed by atoms with Gasteiger partial charge in [0.25, 0.3) is 0 Å². The average molecular weight is 178 g/mol. The minimum Gasteiger partial charge on any atom is -0.291 e. The third-order valence-electron chi connectivity index (χ3n) is 2.41. The molecule has 0 aromatic heterocycles. The van der Waals surface area contributed by atoms with Gasteiger partial charge in [-0.25, -0.2) is 4.39 Å². The highest BCUT2D eigenvalue weighted by molar-refractivity contribution is 6.04. The van der Waals surface area contributed by atoms with Crippen molar-refractivity contribution in [2.45, 2.75) is 25.4 Å². The second kappa shape index (κ2) is 2.66. The van der Waals surface area contributed by atoms with Crippen LogP contribution in [0, 0.1) is 6.92 Å². The Morgan fingerprint density at radius 1 is 1.31 bits per heavy atom. The third-order valence-corrected chi connectivity index (χ3v) is 2.41. The molecule has 1 fully saturated rings. The molecule has 0 unspecified atom stereocenters. The molecule has 1 aromatic carbocycles. The van der Waals surface area contributed by atoms with Crippen molar-refractivity contribution in [3.63, 3.8) is 0 Å². The molecule has 1 saturated carbocycles. The minimum atomic E-state index is -1.53. The Balaban J connectivity index is 2.26. The molecule has 2 heteroatoms. The van der Waals surface area contributed by atoms with Gasteiger partial charge in [0.15, 0.2) is 11.5 Å². The summed E-state index contributed by atoms with van der Waals surface area (Å²) in [7, 11) is 0. The van der Waals surface area contributed by atoms with Crippen LogP contribution >= 0.6 is 0 Å². The molecule has 0 aliphatic heterocycles. The van der Waals surface area contributed by atoms with Crippen LogP contribution in [0.25, 0.3) is 0 Å². The van der Waals surface area contributed by atoms with E-state index in [0.717, 1.165) is 5.56 Å². The summed E-state index contributed by atoms with van der Waals surface area (Å²) in [4.78, 5) is 11.5. The third kappa shape index (κ3) is 1.48. The number of Topliss-reactive ketones (excluding diaryl/α,β-unsaturated/α-hetero) is 1. The number of hydrogen-bond donors (Lipinski definition) is 0. The molecule has 0 heterocycles. The first-order valence-corrected chi connectivity index (χ1v) is 4.42. The Labute approximate surface area is 76.6 Å². The normalized spacial score (nSPS) is 18.3. The zero-order chi connectivity index (χ0) is 9.47. The molecule has 0 N–H and O–H groups in total. The van der Waals surface area contributed by atoms with E-state index in [4.69, 9.17) is 0 Å². The van der Waals surface area contributed by atoms with E-state index in [-0.39, 0.29) is 5.78 Å². The summed E-state index contributed by atoms with van der Waals surface area (Å²) in [6.07, 6.45) is 0.777. The molecule has 0 spiro atoms. The lowest BCUT2D eigenvalue weighted by Crippen LogP contribution is -2.16. The number of benzene rings is 1. The van der Waals surface area contributed by atoms with Crippen LogP contribution in [0.3, 0.4) is 0 Å². The first-order valence-electron chi connectivity index (χ1n) is 4.42. The molecular weight excluding hydrogens is 167 g/mol. The lowest BCUT2D eigenvalue weighted by atomic mass is 10.0. The molecule has 1 aromatic rings. The zero-order valence-electron chi connectivity index (χ0n) is 7.51. The highest BCUT2D eigenvalue weighted by atomic mass is 19.1. The molecule has 0 amide bonds. The van der Waals surface area contributed by atoms with Gasteiger partial charge < -0.3 is 0 Å². The van der Waals surface area contributed by atoms with Gasteiger partial charge in [-0.3, -0.25) is 4.79 Å². The van der Waals surface area contributed by atoms with Crippen molar-refractivity contribution in [2.24, 2.45) is 0 Å². The van der Waals surface area contributed by atoms with Crippen molar-refractivity contribution in [2.75, 3.05) is 0 Å². The highest BCUT2D eigenvalue weighted by Crippen LogP contribution is 2.42. The molecular formula is C11H11FO. The number of halogens is 1. The second-order valence-electron chi connectivity index (χ2n) is 3.66. The molecule has 0 atom stereocenters. The number of hydrogen-bond acceptors (Lipinski definition) is 1. The van der Waals surface area contributed by atoms with Crippen LogP contribution in [-0.2, 0) is 0 Å². The van der Waals surface area contributed by atoms with Crippen molar-refractivity contribution in [3.8, 4) is 0 Å². The van der Waals surface area contributed by atoms with Crippen LogP contribution in [0.5, 0.6) is 0 Å². The van der Waals surface area contributed by atoms with Crippen molar-refractivity contribution in [3.05, 3.63) is 35.4 Å². The monoisotopic (exact) mass is 178 g/mol. The van der Waals surface area contributed by atoms with Crippen molar-refractivity contribution in [1.29, 1.82) is 0 Å². The van der Waals surface area contributed by atoms with Crippen molar-refractivity contribution >= 4 is 5.78 Å². The molecule has 13 heavy (non-hydrogen) atoms. The quantitative estimate of drug-likeness (QED) is 0.636. The van der Waals surface area contributed by atoms with E-state index < -0.39 is 5.67 Å². The average Bonchev–Trinajstić information content (AvgIpc) is 2.85. The fraction of sp³-hybridized carbons (Fsp3) is 0.364. The predicted molar refractivity (Wildman–Crippen MR) is 48.6 cm³/mol. The van der Waals surface area contributed by atoms with Gasteiger partial charge in [0.1, 0.15) is 0 Å². The van der Waals surface area contributed by atoms with Crippen LogP contribution < -0.4 is 0 Å². The first-order chi connectivity index (χ1) is 6.12. The fourth-order valence-corrected chi connectivity index (χ4v) is 1.30.